The van der Waals surface area contributed by atoms with Crippen LogP contribution in [0.2, 0.25) is 0 Å². The summed E-state index contributed by atoms with van der Waals surface area (Å²) in [7, 11) is 1.30. The lowest BCUT2D eigenvalue weighted by atomic mass is 10.5. The molecule has 0 unspecified atom stereocenters. The van der Waals surface area contributed by atoms with Crippen LogP contribution in [0.3, 0.4) is 0 Å². The van der Waals surface area contributed by atoms with Gasteiger partial charge in [0.2, 0.25) is 0 Å². The standard InChI is InChI=1S/C3H6N2.C3H7NO2/c1-3(5)2-4;1-6-3(5)2-4/h2,4-5H,1H3;2,4H2,1H3. The van der Waals surface area contributed by atoms with Crippen LogP contribution in [0.1, 0.15) is 6.92 Å². The van der Waals surface area contributed by atoms with E-state index in [0.717, 1.165) is 6.21 Å². The second kappa shape index (κ2) is 8.77. The molecule has 0 aromatic heterocycles. The van der Waals surface area contributed by atoms with Crippen molar-refractivity contribution in [2.45, 2.75) is 6.92 Å². The molecular weight excluding hydrogens is 146 g/mol. The summed E-state index contributed by atoms with van der Waals surface area (Å²) in [5.41, 5.74) is 5.10. The summed E-state index contributed by atoms with van der Waals surface area (Å²) in [4.78, 5) is 9.83. The molecule has 0 saturated heterocycles. The highest BCUT2D eigenvalue weighted by Gasteiger charge is 1.87. The van der Waals surface area contributed by atoms with Gasteiger partial charge < -0.3 is 21.3 Å². The lowest BCUT2D eigenvalue weighted by Crippen LogP contribution is -2.14. The van der Waals surface area contributed by atoms with Gasteiger partial charge in [-0.1, -0.05) is 0 Å². The third kappa shape index (κ3) is 17.7. The average Bonchev–Trinajstić information content (AvgIpc) is 2.04. The first-order valence-electron chi connectivity index (χ1n) is 2.91. The third-order valence-electron chi connectivity index (χ3n) is 0.611. The van der Waals surface area contributed by atoms with Crippen molar-refractivity contribution < 1.29 is 9.53 Å². The van der Waals surface area contributed by atoms with E-state index in [-0.39, 0.29) is 12.5 Å². The molecule has 0 aliphatic carbocycles. The van der Waals surface area contributed by atoms with Gasteiger partial charge in [0.05, 0.1) is 13.7 Å². The van der Waals surface area contributed by atoms with E-state index in [4.69, 9.17) is 16.6 Å². The minimum atomic E-state index is -0.380. The van der Waals surface area contributed by atoms with Crippen LogP contribution < -0.4 is 5.73 Å². The Morgan fingerprint density at radius 1 is 1.73 bits per heavy atom. The van der Waals surface area contributed by atoms with Crippen LogP contribution in [0.4, 0.5) is 0 Å². The highest BCUT2D eigenvalue weighted by molar-refractivity contribution is 6.26. The second-order valence-electron chi connectivity index (χ2n) is 1.61. The van der Waals surface area contributed by atoms with Gasteiger partial charge in [0.25, 0.3) is 0 Å². The number of carbonyl (C=O) groups is 1. The number of esters is 1. The molecule has 0 atom stereocenters. The Morgan fingerprint density at radius 2 is 2.09 bits per heavy atom. The molecule has 0 aromatic carbocycles. The predicted octanol–water partition coefficient (Wildman–Crippen LogP) is -0.206. The average molecular weight is 159 g/mol. The van der Waals surface area contributed by atoms with Crippen molar-refractivity contribution in [3.05, 3.63) is 0 Å². The molecule has 4 N–H and O–H groups in total. The molecule has 0 bridgehead atoms. The number of hydrogen-bond acceptors (Lipinski definition) is 5. The number of rotatable bonds is 2. The van der Waals surface area contributed by atoms with Crippen molar-refractivity contribution >= 4 is 17.9 Å². The van der Waals surface area contributed by atoms with Gasteiger partial charge in [-0.25, -0.2) is 0 Å². The first-order chi connectivity index (χ1) is 5.08. The molecule has 0 aliphatic rings. The molecule has 64 valence electrons. The highest BCUT2D eigenvalue weighted by Crippen LogP contribution is 1.61. The normalized spacial score (nSPS) is 7.18. The lowest BCUT2D eigenvalue weighted by molar-refractivity contribution is -0.138. The van der Waals surface area contributed by atoms with E-state index in [0.29, 0.717) is 5.71 Å². The van der Waals surface area contributed by atoms with Crippen LogP contribution in [0, 0.1) is 10.8 Å². The summed E-state index contributed by atoms with van der Waals surface area (Å²) < 4.78 is 4.14. The zero-order chi connectivity index (χ0) is 9.28. The van der Waals surface area contributed by atoms with Gasteiger partial charge in [-0.3, -0.25) is 4.79 Å². The van der Waals surface area contributed by atoms with E-state index in [1.165, 1.54) is 7.11 Å². The monoisotopic (exact) mass is 159 g/mol. The summed E-state index contributed by atoms with van der Waals surface area (Å²) in [6.45, 7) is 1.53. The van der Waals surface area contributed by atoms with Crippen molar-refractivity contribution in [1.29, 1.82) is 10.8 Å². The maximum Gasteiger partial charge on any atom is 0.319 e. The van der Waals surface area contributed by atoms with E-state index in [9.17, 15) is 4.79 Å². The van der Waals surface area contributed by atoms with Crippen LogP contribution >= 0.6 is 0 Å². The van der Waals surface area contributed by atoms with Gasteiger partial charge in [-0.05, 0) is 6.92 Å². The molecule has 11 heavy (non-hydrogen) atoms. The first-order valence-corrected chi connectivity index (χ1v) is 2.91. The molecule has 0 aliphatic heterocycles. The molecule has 0 radical (unpaired) electrons. The number of nitrogens with two attached hydrogens (primary N) is 1. The van der Waals surface area contributed by atoms with Gasteiger partial charge in [-0.2, -0.15) is 0 Å². The quantitative estimate of drug-likeness (QED) is 0.384. The molecule has 0 heterocycles. The molecule has 0 aromatic rings. The fourth-order valence-corrected chi connectivity index (χ4v) is 0.0833. The summed E-state index contributed by atoms with van der Waals surface area (Å²) in [5, 5.41) is 12.8. The van der Waals surface area contributed by atoms with E-state index < -0.39 is 0 Å². The largest absolute Gasteiger partial charge is 0.468 e. The van der Waals surface area contributed by atoms with Crippen molar-refractivity contribution in [2.24, 2.45) is 5.73 Å². The number of nitrogens with one attached hydrogen (secondary N) is 2. The van der Waals surface area contributed by atoms with Crippen LogP contribution in [-0.2, 0) is 9.53 Å². The molecule has 5 nitrogen and oxygen atoms in total. The third-order valence-corrected chi connectivity index (χ3v) is 0.611. The van der Waals surface area contributed by atoms with Crippen molar-refractivity contribution in [1.82, 2.24) is 0 Å². The van der Waals surface area contributed by atoms with Crippen LogP contribution in [0.5, 0.6) is 0 Å². The highest BCUT2D eigenvalue weighted by atomic mass is 16.5. The Bertz CT molecular complexity index is 139. The SMILES string of the molecule is CC(=N)C=N.COC(=O)CN. The number of ether oxygens (including phenoxy) is 1. The smallest absolute Gasteiger partial charge is 0.319 e. The second-order valence-corrected chi connectivity index (χ2v) is 1.61. The number of methoxy groups -OCH3 is 1. The lowest BCUT2D eigenvalue weighted by Gasteiger charge is -1.87. The van der Waals surface area contributed by atoms with Crippen LogP contribution in [0.15, 0.2) is 0 Å². The topological polar surface area (TPSA) is 100 Å². The molecule has 0 saturated carbocycles. The Labute approximate surface area is 65.6 Å². The van der Waals surface area contributed by atoms with Crippen LogP contribution in [0.25, 0.3) is 0 Å². The maximum atomic E-state index is 9.83. The summed E-state index contributed by atoms with van der Waals surface area (Å²) in [6.07, 6.45) is 1.00. The van der Waals surface area contributed by atoms with Gasteiger partial charge >= 0.3 is 5.97 Å². The molecule has 5 heteroatoms. The van der Waals surface area contributed by atoms with E-state index in [2.05, 4.69) is 4.74 Å². The Hall–Kier alpha value is -1.23. The number of hydrogen-bond donors (Lipinski definition) is 3. The van der Waals surface area contributed by atoms with Gasteiger partial charge in [-0.15, -0.1) is 0 Å². The Kier molecular flexibility index (Phi) is 9.92. The van der Waals surface area contributed by atoms with Crippen molar-refractivity contribution in [3.63, 3.8) is 0 Å². The zero-order valence-corrected chi connectivity index (χ0v) is 6.68. The minimum absolute atomic E-state index is 0.0312. The van der Waals surface area contributed by atoms with E-state index >= 15 is 0 Å². The summed E-state index contributed by atoms with van der Waals surface area (Å²) in [6, 6.07) is 0. The van der Waals surface area contributed by atoms with Gasteiger partial charge in [0.15, 0.2) is 0 Å². The minimum Gasteiger partial charge on any atom is -0.468 e. The van der Waals surface area contributed by atoms with E-state index in [1.807, 2.05) is 0 Å². The van der Waals surface area contributed by atoms with E-state index in [1.54, 1.807) is 6.92 Å². The fourth-order valence-electron chi connectivity index (χ4n) is 0.0833. The Morgan fingerprint density at radius 3 is 2.09 bits per heavy atom. The first kappa shape index (κ1) is 12.4. The summed E-state index contributed by atoms with van der Waals surface area (Å²) >= 11 is 0. The van der Waals surface area contributed by atoms with Gasteiger partial charge in [0.1, 0.15) is 0 Å². The predicted molar refractivity (Wildman–Crippen MR) is 43.3 cm³/mol. The Balaban J connectivity index is 0. The van der Waals surface area contributed by atoms with Crippen molar-refractivity contribution in [2.75, 3.05) is 13.7 Å². The van der Waals surface area contributed by atoms with Gasteiger partial charge in [0, 0.05) is 11.9 Å². The maximum absolute atomic E-state index is 9.83. The fraction of sp³-hybridized carbons (Fsp3) is 0.500. The molecule has 0 rings (SSSR count). The molecule has 0 amide bonds. The number of carbonyl (C=O) groups excluding carboxylic acids is 1. The van der Waals surface area contributed by atoms with Crippen molar-refractivity contribution in [3.8, 4) is 0 Å². The molecule has 0 spiro atoms. The zero-order valence-electron chi connectivity index (χ0n) is 6.68. The summed E-state index contributed by atoms with van der Waals surface area (Å²) in [5.74, 6) is -0.380. The molecular formula is C6H13N3O2. The van der Waals surface area contributed by atoms with Crippen LogP contribution in [-0.4, -0.2) is 31.6 Å². The molecule has 0 fully saturated rings.